The lowest BCUT2D eigenvalue weighted by molar-refractivity contribution is -0.142. The minimum absolute atomic E-state index is 0.0368. The molecule has 0 aromatic carbocycles. The number of hydrogen-bond acceptors (Lipinski definition) is 4. The molecule has 0 aliphatic heterocycles. The first-order valence-electron chi connectivity index (χ1n) is 5.32. The van der Waals surface area contributed by atoms with Crippen LogP contribution in [0.15, 0.2) is 0 Å². The lowest BCUT2D eigenvalue weighted by Gasteiger charge is -2.14. The Labute approximate surface area is 94.3 Å². The Kier molecular flexibility index (Phi) is 7.49. The summed E-state index contributed by atoms with van der Waals surface area (Å²) in [6, 6.07) is -1.09. The molecule has 6 nitrogen and oxygen atoms in total. The van der Waals surface area contributed by atoms with E-state index in [9.17, 15) is 14.7 Å². The van der Waals surface area contributed by atoms with E-state index in [1.807, 2.05) is 6.92 Å². The molecule has 1 amide bonds. The Morgan fingerprint density at radius 2 is 1.94 bits per heavy atom. The first-order chi connectivity index (χ1) is 7.51. The summed E-state index contributed by atoms with van der Waals surface area (Å²) in [7, 11) is 0. The molecule has 0 aromatic rings. The SMILES string of the molecule is CCC[C@@H](O)CC(=O)N[C@@H](CCO)C(=O)O. The third-order valence-electron chi connectivity index (χ3n) is 2.09. The highest BCUT2D eigenvalue weighted by Crippen LogP contribution is 2.02. The van der Waals surface area contributed by atoms with Gasteiger partial charge in [-0.05, 0) is 6.42 Å². The number of rotatable bonds is 8. The van der Waals surface area contributed by atoms with E-state index in [0.717, 1.165) is 6.42 Å². The molecule has 0 spiro atoms. The van der Waals surface area contributed by atoms with Crippen LogP contribution in [0, 0.1) is 0 Å². The highest BCUT2D eigenvalue weighted by Gasteiger charge is 2.20. The second-order valence-electron chi connectivity index (χ2n) is 3.62. The van der Waals surface area contributed by atoms with Crippen LogP contribution in [0.4, 0.5) is 0 Å². The molecule has 0 saturated carbocycles. The number of carboxylic acids is 1. The van der Waals surface area contributed by atoms with Crippen molar-refractivity contribution in [3.8, 4) is 0 Å². The molecule has 0 aliphatic carbocycles. The van der Waals surface area contributed by atoms with Gasteiger partial charge in [-0.1, -0.05) is 13.3 Å². The molecular formula is C10H19NO5. The van der Waals surface area contributed by atoms with E-state index in [2.05, 4.69) is 5.32 Å². The predicted octanol–water partition coefficient (Wildman–Crippen LogP) is -0.511. The predicted molar refractivity (Wildman–Crippen MR) is 56.8 cm³/mol. The smallest absolute Gasteiger partial charge is 0.326 e. The van der Waals surface area contributed by atoms with Gasteiger partial charge in [0, 0.05) is 13.0 Å². The maximum Gasteiger partial charge on any atom is 0.326 e. The summed E-state index contributed by atoms with van der Waals surface area (Å²) in [6.07, 6.45) is 0.376. The molecule has 0 aromatic heterocycles. The molecule has 0 unspecified atom stereocenters. The topological polar surface area (TPSA) is 107 Å². The van der Waals surface area contributed by atoms with Crippen LogP contribution in [0.3, 0.4) is 0 Å². The molecule has 0 fully saturated rings. The fourth-order valence-electron chi connectivity index (χ4n) is 1.29. The molecule has 0 rings (SSSR count). The molecule has 2 atom stereocenters. The molecule has 0 bridgehead atoms. The molecule has 4 N–H and O–H groups in total. The van der Waals surface area contributed by atoms with Gasteiger partial charge in [-0.25, -0.2) is 4.79 Å². The molecule has 6 heteroatoms. The Bertz CT molecular complexity index is 231. The molecule has 0 aliphatic rings. The lowest BCUT2D eigenvalue weighted by atomic mass is 10.1. The lowest BCUT2D eigenvalue weighted by Crippen LogP contribution is -2.42. The average Bonchev–Trinajstić information content (AvgIpc) is 2.16. The molecule has 94 valence electrons. The van der Waals surface area contributed by atoms with Crippen molar-refractivity contribution in [1.29, 1.82) is 0 Å². The van der Waals surface area contributed by atoms with Gasteiger partial charge in [0.1, 0.15) is 6.04 Å². The average molecular weight is 233 g/mol. The van der Waals surface area contributed by atoms with Crippen molar-refractivity contribution < 1.29 is 24.9 Å². The van der Waals surface area contributed by atoms with Crippen LogP contribution >= 0.6 is 0 Å². The van der Waals surface area contributed by atoms with E-state index >= 15 is 0 Å². The number of carboxylic acid groups (broad SMARTS) is 1. The normalized spacial score (nSPS) is 14.2. The fourth-order valence-corrected chi connectivity index (χ4v) is 1.29. The summed E-state index contributed by atoms with van der Waals surface area (Å²) < 4.78 is 0. The van der Waals surface area contributed by atoms with Crippen molar-refractivity contribution in [2.75, 3.05) is 6.61 Å². The Balaban J connectivity index is 4.04. The van der Waals surface area contributed by atoms with Gasteiger partial charge in [-0.3, -0.25) is 4.79 Å². The first-order valence-corrected chi connectivity index (χ1v) is 5.32. The highest BCUT2D eigenvalue weighted by molar-refractivity contribution is 5.83. The molecule has 0 heterocycles. The largest absolute Gasteiger partial charge is 0.480 e. The quantitative estimate of drug-likeness (QED) is 0.451. The van der Waals surface area contributed by atoms with E-state index in [1.165, 1.54) is 0 Å². The molecule has 0 radical (unpaired) electrons. The third-order valence-corrected chi connectivity index (χ3v) is 2.09. The number of amides is 1. The van der Waals surface area contributed by atoms with Crippen LogP contribution in [0.2, 0.25) is 0 Å². The Morgan fingerprint density at radius 3 is 2.38 bits per heavy atom. The monoisotopic (exact) mass is 233 g/mol. The van der Waals surface area contributed by atoms with Crippen molar-refractivity contribution in [2.45, 2.75) is 44.8 Å². The minimum Gasteiger partial charge on any atom is -0.480 e. The fraction of sp³-hybridized carbons (Fsp3) is 0.800. The van der Waals surface area contributed by atoms with Crippen molar-refractivity contribution in [3.05, 3.63) is 0 Å². The summed E-state index contributed by atoms with van der Waals surface area (Å²) in [5.74, 6) is -1.70. The Morgan fingerprint density at radius 1 is 1.31 bits per heavy atom. The zero-order chi connectivity index (χ0) is 12.6. The van der Waals surface area contributed by atoms with Crippen molar-refractivity contribution in [3.63, 3.8) is 0 Å². The maximum atomic E-state index is 11.3. The van der Waals surface area contributed by atoms with Gasteiger partial charge in [0.15, 0.2) is 0 Å². The van der Waals surface area contributed by atoms with Crippen molar-refractivity contribution >= 4 is 11.9 Å². The second-order valence-corrected chi connectivity index (χ2v) is 3.62. The number of carbonyl (C=O) groups is 2. The van der Waals surface area contributed by atoms with E-state index < -0.39 is 24.0 Å². The van der Waals surface area contributed by atoms with Crippen molar-refractivity contribution in [2.24, 2.45) is 0 Å². The van der Waals surface area contributed by atoms with Crippen LogP contribution in [-0.4, -0.2) is 45.9 Å². The van der Waals surface area contributed by atoms with Gasteiger partial charge in [0.05, 0.1) is 12.5 Å². The summed E-state index contributed by atoms with van der Waals surface area (Å²) >= 11 is 0. The van der Waals surface area contributed by atoms with Gasteiger partial charge in [-0.2, -0.15) is 0 Å². The van der Waals surface area contributed by atoms with Crippen LogP contribution in [0.25, 0.3) is 0 Å². The number of aliphatic carboxylic acids is 1. The number of aliphatic hydroxyl groups excluding tert-OH is 2. The number of aliphatic hydroxyl groups is 2. The van der Waals surface area contributed by atoms with Crippen molar-refractivity contribution in [1.82, 2.24) is 5.32 Å². The Hall–Kier alpha value is -1.14. The van der Waals surface area contributed by atoms with E-state index in [-0.39, 0.29) is 19.4 Å². The molecule has 0 saturated heterocycles. The third kappa shape index (κ3) is 6.36. The van der Waals surface area contributed by atoms with Crippen LogP contribution < -0.4 is 5.32 Å². The van der Waals surface area contributed by atoms with Gasteiger partial charge in [0.2, 0.25) is 5.91 Å². The van der Waals surface area contributed by atoms with Crippen LogP contribution in [0.5, 0.6) is 0 Å². The van der Waals surface area contributed by atoms with Crippen LogP contribution in [-0.2, 0) is 9.59 Å². The molecule has 16 heavy (non-hydrogen) atoms. The number of carbonyl (C=O) groups excluding carboxylic acids is 1. The van der Waals surface area contributed by atoms with E-state index in [0.29, 0.717) is 6.42 Å². The van der Waals surface area contributed by atoms with Gasteiger partial charge in [0.25, 0.3) is 0 Å². The van der Waals surface area contributed by atoms with Gasteiger partial charge in [-0.15, -0.1) is 0 Å². The zero-order valence-electron chi connectivity index (χ0n) is 9.35. The number of nitrogens with one attached hydrogen (secondary N) is 1. The number of hydrogen-bond donors (Lipinski definition) is 4. The summed E-state index contributed by atoms with van der Waals surface area (Å²) in [4.78, 5) is 21.9. The standard InChI is InChI=1S/C10H19NO5/c1-2-3-7(13)6-9(14)11-8(4-5-12)10(15)16/h7-8,12-13H,2-6H2,1H3,(H,11,14)(H,15,16)/t7-,8+/m1/s1. The van der Waals surface area contributed by atoms with E-state index in [4.69, 9.17) is 10.2 Å². The zero-order valence-corrected chi connectivity index (χ0v) is 9.35. The summed E-state index contributed by atoms with van der Waals surface area (Å²) in [5.41, 5.74) is 0. The summed E-state index contributed by atoms with van der Waals surface area (Å²) in [6.45, 7) is 1.57. The summed E-state index contributed by atoms with van der Waals surface area (Å²) in [5, 5.41) is 28.9. The first kappa shape index (κ1) is 14.9. The maximum absolute atomic E-state index is 11.3. The van der Waals surface area contributed by atoms with Gasteiger partial charge >= 0.3 is 5.97 Å². The minimum atomic E-state index is -1.19. The van der Waals surface area contributed by atoms with Gasteiger partial charge < -0.3 is 20.6 Å². The van der Waals surface area contributed by atoms with Crippen LogP contribution in [0.1, 0.15) is 32.6 Å². The molecular weight excluding hydrogens is 214 g/mol. The van der Waals surface area contributed by atoms with E-state index in [1.54, 1.807) is 0 Å². The second kappa shape index (κ2) is 8.06. The highest BCUT2D eigenvalue weighted by atomic mass is 16.4.